The number of oxazole rings is 1. The third-order valence-corrected chi connectivity index (χ3v) is 4.88. The van der Waals surface area contributed by atoms with Crippen molar-refractivity contribution in [2.24, 2.45) is 0 Å². The van der Waals surface area contributed by atoms with Gasteiger partial charge in [0.25, 0.3) is 0 Å². The Kier molecular flexibility index (Phi) is 5.75. The van der Waals surface area contributed by atoms with Gasteiger partial charge in [-0.05, 0) is 60.0 Å². The summed E-state index contributed by atoms with van der Waals surface area (Å²) in [5.74, 6) is 1.23. The molecule has 0 aliphatic heterocycles. The molecule has 0 radical (unpaired) electrons. The number of aromatic nitrogens is 2. The van der Waals surface area contributed by atoms with Gasteiger partial charge in [0.05, 0.1) is 20.1 Å². The molecular formula is C24H23N3O3. The maximum Gasteiger partial charge on any atom is 0.227 e. The van der Waals surface area contributed by atoms with Gasteiger partial charge in [-0.25, -0.2) is 4.98 Å². The number of amides is 1. The molecule has 2 aromatic carbocycles. The van der Waals surface area contributed by atoms with E-state index < -0.39 is 0 Å². The Bertz CT molecular complexity index is 1150. The number of nitrogens with zero attached hydrogens (tertiary/aromatic N) is 3. The van der Waals surface area contributed by atoms with Crippen molar-refractivity contribution in [3.63, 3.8) is 0 Å². The van der Waals surface area contributed by atoms with Gasteiger partial charge in [-0.15, -0.1) is 0 Å². The maximum absolute atomic E-state index is 13.2. The predicted molar refractivity (Wildman–Crippen MR) is 114 cm³/mol. The number of methoxy groups -OCH3 is 1. The monoisotopic (exact) mass is 401 g/mol. The predicted octanol–water partition coefficient (Wildman–Crippen LogP) is 4.31. The SMILES string of the molecule is COc1cccc(CC(=O)N(Cc2ccncc2)Cc2nc3cc(C)ccc3o2)c1. The van der Waals surface area contributed by atoms with Crippen LogP contribution in [0.4, 0.5) is 0 Å². The zero-order chi connectivity index (χ0) is 20.9. The van der Waals surface area contributed by atoms with Crippen molar-refractivity contribution in [3.05, 3.63) is 89.6 Å². The molecule has 0 unspecified atom stereocenters. The van der Waals surface area contributed by atoms with Crippen LogP contribution in [0.15, 0.2) is 71.4 Å². The lowest BCUT2D eigenvalue weighted by atomic mass is 10.1. The highest BCUT2D eigenvalue weighted by molar-refractivity contribution is 5.79. The molecule has 0 fully saturated rings. The van der Waals surface area contributed by atoms with Gasteiger partial charge in [0.1, 0.15) is 11.3 Å². The summed E-state index contributed by atoms with van der Waals surface area (Å²) in [7, 11) is 1.62. The topological polar surface area (TPSA) is 68.5 Å². The van der Waals surface area contributed by atoms with Crippen molar-refractivity contribution in [3.8, 4) is 5.75 Å². The number of carbonyl (C=O) groups is 1. The number of carbonyl (C=O) groups excluding carboxylic acids is 1. The van der Waals surface area contributed by atoms with E-state index >= 15 is 0 Å². The van der Waals surface area contributed by atoms with E-state index in [-0.39, 0.29) is 12.3 Å². The second-order valence-corrected chi connectivity index (χ2v) is 7.21. The van der Waals surface area contributed by atoms with Gasteiger partial charge < -0.3 is 14.1 Å². The molecule has 0 aliphatic carbocycles. The molecule has 0 bridgehead atoms. The fraction of sp³-hybridized carbons (Fsp3) is 0.208. The minimum absolute atomic E-state index is 0.0153. The minimum Gasteiger partial charge on any atom is -0.497 e. The molecular weight excluding hydrogens is 378 g/mol. The summed E-state index contributed by atoms with van der Waals surface area (Å²) in [5, 5.41) is 0. The Labute approximate surface area is 175 Å². The first-order valence-corrected chi connectivity index (χ1v) is 9.76. The van der Waals surface area contributed by atoms with Gasteiger partial charge in [-0.2, -0.15) is 0 Å². The average Bonchev–Trinajstić information content (AvgIpc) is 3.15. The Hall–Kier alpha value is -3.67. The lowest BCUT2D eigenvalue weighted by molar-refractivity contribution is -0.132. The van der Waals surface area contributed by atoms with Crippen molar-refractivity contribution in [1.29, 1.82) is 0 Å². The molecule has 0 spiro atoms. The first-order valence-electron chi connectivity index (χ1n) is 9.76. The van der Waals surface area contributed by atoms with E-state index in [0.29, 0.717) is 19.0 Å². The molecule has 6 nitrogen and oxygen atoms in total. The molecule has 0 atom stereocenters. The first-order chi connectivity index (χ1) is 14.6. The number of ether oxygens (including phenoxy) is 1. The quantitative estimate of drug-likeness (QED) is 0.462. The maximum atomic E-state index is 13.2. The summed E-state index contributed by atoms with van der Waals surface area (Å²) in [4.78, 5) is 23.6. The summed E-state index contributed by atoms with van der Waals surface area (Å²) >= 11 is 0. The first kappa shape index (κ1) is 19.6. The Morgan fingerprint density at radius 1 is 1.03 bits per heavy atom. The molecule has 0 N–H and O–H groups in total. The summed E-state index contributed by atoms with van der Waals surface area (Å²) in [6.45, 7) is 2.75. The smallest absolute Gasteiger partial charge is 0.227 e. The number of hydrogen-bond acceptors (Lipinski definition) is 5. The number of pyridine rings is 1. The average molecular weight is 401 g/mol. The van der Waals surface area contributed by atoms with Crippen molar-refractivity contribution >= 4 is 17.0 Å². The number of rotatable bonds is 7. The standard InChI is InChI=1S/C24H23N3O3/c1-17-6-7-22-21(12-17)26-23(30-22)16-27(15-18-8-10-25-11-9-18)24(28)14-19-4-3-5-20(13-19)29-2/h3-13H,14-16H2,1-2H3. The van der Waals surface area contributed by atoms with Crippen molar-refractivity contribution in [2.45, 2.75) is 26.4 Å². The number of benzene rings is 2. The lowest BCUT2D eigenvalue weighted by Gasteiger charge is -2.21. The Morgan fingerprint density at radius 2 is 1.87 bits per heavy atom. The fourth-order valence-corrected chi connectivity index (χ4v) is 3.33. The van der Waals surface area contributed by atoms with Gasteiger partial charge in [0.15, 0.2) is 5.58 Å². The van der Waals surface area contributed by atoms with Crippen LogP contribution in [-0.4, -0.2) is 27.9 Å². The second kappa shape index (κ2) is 8.78. The van der Waals surface area contributed by atoms with E-state index in [9.17, 15) is 4.79 Å². The third-order valence-electron chi connectivity index (χ3n) is 4.88. The highest BCUT2D eigenvalue weighted by Crippen LogP contribution is 2.20. The number of fused-ring (bicyclic) bond motifs is 1. The van der Waals surface area contributed by atoms with E-state index in [4.69, 9.17) is 9.15 Å². The third kappa shape index (κ3) is 4.66. The second-order valence-electron chi connectivity index (χ2n) is 7.21. The van der Waals surface area contributed by atoms with Crippen LogP contribution in [0.1, 0.15) is 22.6 Å². The normalized spacial score (nSPS) is 10.9. The van der Waals surface area contributed by atoms with Crippen LogP contribution in [0.25, 0.3) is 11.1 Å². The van der Waals surface area contributed by atoms with Crippen LogP contribution in [0.5, 0.6) is 5.75 Å². The summed E-state index contributed by atoms with van der Waals surface area (Å²) in [6.07, 6.45) is 3.71. The Balaban J connectivity index is 1.58. The van der Waals surface area contributed by atoms with E-state index in [1.807, 2.05) is 61.5 Å². The number of hydrogen-bond donors (Lipinski definition) is 0. The van der Waals surface area contributed by atoms with Crippen LogP contribution in [0.2, 0.25) is 0 Å². The van der Waals surface area contributed by atoms with Crippen molar-refractivity contribution in [1.82, 2.24) is 14.9 Å². The van der Waals surface area contributed by atoms with Crippen LogP contribution in [0.3, 0.4) is 0 Å². The van der Waals surface area contributed by atoms with Crippen molar-refractivity contribution in [2.75, 3.05) is 7.11 Å². The highest BCUT2D eigenvalue weighted by Gasteiger charge is 2.19. The van der Waals surface area contributed by atoms with E-state index in [0.717, 1.165) is 33.5 Å². The Morgan fingerprint density at radius 3 is 2.67 bits per heavy atom. The summed E-state index contributed by atoms with van der Waals surface area (Å²) in [6, 6.07) is 17.2. The molecule has 2 aromatic heterocycles. The molecule has 152 valence electrons. The summed E-state index contributed by atoms with van der Waals surface area (Å²) in [5.41, 5.74) is 4.53. The molecule has 0 saturated carbocycles. The van der Waals surface area contributed by atoms with E-state index in [2.05, 4.69) is 9.97 Å². The van der Waals surface area contributed by atoms with Gasteiger partial charge in [-0.3, -0.25) is 9.78 Å². The van der Waals surface area contributed by atoms with Crippen LogP contribution < -0.4 is 4.74 Å². The molecule has 1 amide bonds. The van der Waals surface area contributed by atoms with Crippen LogP contribution in [-0.2, 0) is 24.3 Å². The lowest BCUT2D eigenvalue weighted by Crippen LogP contribution is -2.31. The van der Waals surface area contributed by atoms with Crippen molar-refractivity contribution < 1.29 is 13.9 Å². The minimum atomic E-state index is -0.0153. The fourth-order valence-electron chi connectivity index (χ4n) is 3.33. The van der Waals surface area contributed by atoms with Gasteiger partial charge in [0.2, 0.25) is 11.8 Å². The molecule has 4 aromatic rings. The van der Waals surface area contributed by atoms with E-state index in [1.165, 1.54) is 0 Å². The van der Waals surface area contributed by atoms with Gasteiger partial charge >= 0.3 is 0 Å². The largest absolute Gasteiger partial charge is 0.497 e. The van der Waals surface area contributed by atoms with Gasteiger partial charge in [-0.1, -0.05) is 18.2 Å². The highest BCUT2D eigenvalue weighted by atomic mass is 16.5. The van der Waals surface area contributed by atoms with Crippen LogP contribution in [0, 0.1) is 6.92 Å². The van der Waals surface area contributed by atoms with E-state index in [1.54, 1.807) is 24.4 Å². The zero-order valence-electron chi connectivity index (χ0n) is 17.0. The molecule has 0 aliphatic rings. The molecule has 6 heteroatoms. The van der Waals surface area contributed by atoms with Crippen LogP contribution >= 0.6 is 0 Å². The molecule has 4 rings (SSSR count). The molecule has 30 heavy (non-hydrogen) atoms. The summed E-state index contributed by atoms with van der Waals surface area (Å²) < 4.78 is 11.2. The molecule has 2 heterocycles. The number of aryl methyl sites for hydroxylation is 1. The zero-order valence-corrected chi connectivity index (χ0v) is 17.0. The molecule has 0 saturated heterocycles. The van der Waals surface area contributed by atoms with Gasteiger partial charge in [0, 0.05) is 18.9 Å².